The van der Waals surface area contributed by atoms with Gasteiger partial charge in [0.05, 0.1) is 6.04 Å². The van der Waals surface area contributed by atoms with E-state index in [1.54, 1.807) is 0 Å². The zero-order valence-electron chi connectivity index (χ0n) is 23.5. The summed E-state index contributed by atoms with van der Waals surface area (Å²) in [4.78, 5) is 51.6. The molecule has 2 rings (SSSR count). The van der Waals surface area contributed by atoms with Crippen LogP contribution in [0.15, 0.2) is 60.7 Å². The maximum Gasteiger partial charge on any atom is 0.329 e. The Morgan fingerprint density at radius 3 is 1.79 bits per heavy atom. The van der Waals surface area contributed by atoms with Crippen molar-refractivity contribution < 1.29 is 23.9 Å². The van der Waals surface area contributed by atoms with E-state index in [4.69, 9.17) is 10.5 Å². The van der Waals surface area contributed by atoms with Gasteiger partial charge in [-0.3, -0.25) is 14.4 Å². The first-order valence-electron chi connectivity index (χ1n) is 13.4. The minimum Gasteiger partial charge on any atom is -0.459 e. The third-order valence-corrected chi connectivity index (χ3v) is 6.22. The molecule has 3 amide bonds. The Morgan fingerprint density at radius 1 is 0.718 bits per heavy atom. The minimum absolute atomic E-state index is 0.0716. The Hall–Kier alpha value is -3.72. The fraction of sp³-hybridized carbons (Fsp3) is 0.467. The summed E-state index contributed by atoms with van der Waals surface area (Å²) in [6.07, 6.45) is 0.596. The summed E-state index contributed by atoms with van der Waals surface area (Å²) in [5, 5.41) is 8.11. The summed E-state index contributed by atoms with van der Waals surface area (Å²) in [7, 11) is 0. The monoisotopic (exact) mass is 538 g/mol. The number of ether oxygens (including phenoxy) is 1. The predicted octanol–water partition coefficient (Wildman–Crippen LogP) is 2.48. The van der Waals surface area contributed by atoms with Gasteiger partial charge in [0.15, 0.2) is 0 Å². The molecule has 0 aliphatic rings. The summed E-state index contributed by atoms with van der Waals surface area (Å²) >= 11 is 0. The minimum atomic E-state index is -0.969. The van der Waals surface area contributed by atoms with E-state index in [-0.39, 0.29) is 24.9 Å². The van der Waals surface area contributed by atoms with Crippen LogP contribution in [0.3, 0.4) is 0 Å². The standard InChI is InChI=1S/C30H42N4O5/c1-19(2)16-24(33-29(37)26(31)20(3)4)28(36)32-21(5)27(35)34-25(17-22-12-8-6-9-13-22)30(38)39-18-23-14-10-7-11-15-23/h6-15,19-21,24-26H,16-18,31H2,1-5H3,(H,32,36)(H,33,37)(H,34,35)/t21-,24-,25-,26-/m0/s1. The van der Waals surface area contributed by atoms with Crippen molar-refractivity contribution in [2.24, 2.45) is 17.6 Å². The average molecular weight is 539 g/mol. The molecular formula is C30H42N4O5. The number of rotatable bonds is 14. The van der Waals surface area contributed by atoms with Gasteiger partial charge in [-0.05, 0) is 36.3 Å². The molecule has 5 N–H and O–H groups in total. The average Bonchev–Trinajstić information content (AvgIpc) is 2.91. The molecular weight excluding hydrogens is 496 g/mol. The Morgan fingerprint density at radius 2 is 1.26 bits per heavy atom. The molecule has 0 heterocycles. The molecule has 0 unspecified atom stereocenters. The predicted molar refractivity (Wildman–Crippen MR) is 150 cm³/mol. The molecule has 0 saturated carbocycles. The molecule has 2 aromatic carbocycles. The number of carbonyl (C=O) groups is 4. The molecule has 0 spiro atoms. The van der Waals surface area contributed by atoms with Gasteiger partial charge in [0.2, 0.25) is 17.7 Å². The number of amides is 3. The first kappa shape index (κ1) is 31.5. The van der Waals surface area contributed by atoms with Crippen LogP contribution in [0, 0.1) is 11.8 Å². The van der Waals surface area contributed by atoms with E-state index in [9.17, 15) is 19.2 Å². The molecule has 39 heavy (non-hydrogen) atoms. The van der Waals surface area contributed by atoms with Crippen molar-refractivity contribution in [1.29, 1.82) is 0 Å². The van der Waals surface area contributed by atoms with E-state index in [2.05, 4.69) is 16.0 Å². The highest BCUT2D eigenvalue weighted by Gasteiger charge is 2.30. The fourth-order valence-electron chi connectivity index (χ4n) is 3.82. The third kappa shape index (κ3) is 10.9. The van der Waals surface area contributed by atoms with Gasteiger partial charge in [0.1, 0.15) is 24.7 Å². The molecule has 2 aromatic rings. The zero-order chi connectivity index (χ0) is 28.9. The van der Waals surface area contributed by atoms with Crippen LogP contribution in [0.25, 0.3) is 0 Å². The van der Waals surface area contributed by atoms with Crippen molar-refractivity contribution in [2.45, 2.75) is 78.2 Å². The lowest BCUT2D eigenvalue weighted by atomic mass is 10.0. The van der Waals surface area contributed by atoms with E-state index in [1.807, 2.05) is 88.4 Å². The SMILES string of the molecule is CC(C)C[C@H](NC(=O)[C@@H](N)C(C)C)C(=O)N[C@@H](C)C(=O)N[C@@H](Cc1ccccc1)C(=O)OCc1ccccc1. The molecule has 0 bridgehead atoms. The van der Waals surface area contributed by atoms with E-state index in [1.165, 1.54) is 6.92 Å². The van der Waals surface area contributed by atoms with Crippen LogP contribution in [0.4, 0.5) is 0 Å². The van der Waals surface area contributed by atoms with E-state index < -0.39 is 47.9 Å². The first-order chi connectivity index (χ1) is 18.5. The number of hydrogen-bond acceptors (Lipinski definition) is 6. The van der Waals surface area contributed by atoms with Crippen LogP contribution in [0.1, 0.15) is 52.2 Å². The third-order valence-electron chi connectivity index (χ3n) is 6.22. The second-order valence-corrected chi connectivity index (χ2v) is 10.5. The lowest BCUT2D eigenvalue weighted by molar-refractivity contribution is -0.149. The molecule has 9 nitrogen and oxygen atoms in total. The molecule has 212 valence electrons. The van der Waals surface area contributed by atoms with Crippen molar-refractivity contribution >= 4 is 23.7 Å². The van der Waals surface area contributed by atoms with Crippen LogP contribution in [-0.2, 0) is 36.9 Å². The van der Waals surface area contributed by atoms with Gasteiger partial charge in [0, 0.05) is 6.42 Å². The quantitative estimate of drug-likeness (QED) is 0.273. The molecule has 4 atom stereocenters. The van der Waals surface area contributed by atoms with Crippen molar-refractivity contribution in [2.75, 3.05) is 0 Å². The van der Waals surface area contributed by atoms with Crippen LogP contribution < -0.4 is 21.7 Å². The Bertz CT molecular complexity index is 1080. The van der Waals surface area contributed by atoms with E-state index in [0.717, 1.165) is 11.1 Å². The van der Waals surface area contributed by atoms with Crippen molar-refractivity contribution in [3.8, 4) is 0 Å². The molecule has 9 heteroatoms. The second-order valence-electron chi connectivity index (χ2n) is 10.5. The summed E-state index contributed by atoms with van der Waals surface area (Å²) < 4.78 is 5.49. The molecule has 0 aliphatic carbocycles. The number of nitrogens with two attached hydrogens (primary N) is 1. The number of esters is 1. The highest BCUT2D eigenvalue weighted by Crippen LogP contribution is 2.09. The van der Waals surface area contributed by atoms with Crippen LogP contribution in [0.2, 0.25) is 0 Å². The number of benzene rings is 2. The Labute approximate surface area is 231 Å². The maximum atomic E-state index is 13.1. The van der Waals surface area contributed by atoms with Crippen molar-refractivity contribution in [3.63, 3.8) is 0 Å². The highest BCUT2D eigenvalue weighted by molar-refractivity contribution is 5.94. The van der Waals surface area contributed by atoms with Crippen LogP contribution in [-0.4, -0.2) is 47.9 Å². The largest absolute Gasteiger partial charge is 0.459 e. The van der Waals surface area contributed by atoms with Gasteiger partial charge in [0.25, 0.3) is 0 Å². The molecule has 0 aromatic heterocycles. The number of carbonyl (C=O) groups excluding carboxylic acids is 4. The van der Waals surface area contributed by atoms with Gasteiger partial charge in [-0.2, -0.15) is 0 Å². The zero-order valence-corrected chi connectivity index (χ0v) is 23.5. The van der Waals surface area contributed by atoms with Crippen LogP contribution in [0.5, 0.6) is 0 Å². The normalized spacial score (nSPS) is 14.2. The smallest absolute Gasteiger partial charge is 0.329 e. The lowest BCUT2D eigenvalue weighted by Crippen LogP contribution is -2.57. The molecule has 0 saturated heterocycles. The Kier molecular flexibility index (Phi) is 12.6. The van der Waals surface area contributed by atoms with Crippen LogP contribution >= 0.6 is 0 Å². The molecule has 0 fully saturated rings. The van der Waals surface area contributed by atoms with Gasteiger partial charge < -0.3 is 26.4 Å². The van der Waals surface area contributed by atoms with Gasteiger partial charge in [-0.15, -0.1) is 0 Å². The number of hydrogen-bond donors (Lipinski definition) is 4. The first-order valence-corrected chi connectivity index (χ1v) is 13.4. The van der Waals surface area contributed by atoms with E-state index in [0.29, 0.717) is 6.42 Å². The van der Waals surface area contributed by atoms with E-state index >= 15 is 0 Å². The summed E-state index contributed by atoms with van der Waals surface area (Å²) in [5.74, 6) is -2.04. The highest BCUT2D eigenvalue weighted by atomic mass is 16.5. The number of nitrogens with one attached hydrogen (secondary N) is 3. The Balaban J connectivity index is 2.08. The fourth-order valence-corrected chi connectivity index (χ4v) is 3.82. The van der Waals surface area contributed by atoms with Gasteiger partial charge >= 0.3 is 5.97 Å². The summed E-state index contributed by atoms with van der Waals surface area (Å²) in [6.45, 7) is 9.11. The summed E-state index contributed by atoms with van der Waals surface area (Å²) in [5.41, 5.74) is 7.62. The molecule has 0 radical (unpaired) electrons. The molecule has 0 aliphatic heterocycles. The van der Waals surface area contributed by atoms with Gasteiger partial charge in [-0.25, -0.2) is 4.79 Å². The van der Waals surface area contributed by atoms with Gasteiger partial charge in [-0.1, -0.05) is 88.4 Å². The lowest BCUT2D eigenvalue weighted by Gasteiger charge is -2.25. The second kappa shape index (κ2) is 15.6. The van der Waals surface area contributed by atoms with Crippen molar-refractivity contribution in [1.82, 2.24) is 16.0 Å². The van der Waals surface area contributed by atoms with Crippen molar-refractivity contribution in [3.05, 3.63) is 71.8 Å². The topological polar surface area (TPSA) is 140 Å². The maximum absolute atomic E-state index is 13.1. The summed E-state index contributed by atoms with van der Waals surface area (Å²) in [6, 6.07) is 15.0.